The summed E-state index contributed by atoms with van der Waals surface area (Å²) in [4.78, 5) is 23.2. The smallest absolute Gasteiger partial charge is 0.326 e. The van der Waals surface area contributed by atoms with Crippen LogP contribution in [0.5, 0.6) is 11.5 Å². The van der Waals surface area contributed by atoms with Crippen molar-refractivity contribution in [3.63, 3.8) is 0 Å². The Morgan fingerprint density at radius 3 is 2.50 bits per heavy atom. The molecule has 1 aromatic rings. The monoisotopic (exact) mass is 281 g/mol. The Kier molecular flexibility index (Phi) is 5.83. The fourth-order valence-electron chi connectivity index (χ4n) is 1.77. The minimum absolute atomic E-state index is 0.245. The minimum atomic E-state index is -1.05. The highest BCUT2D eigenvalue weighted by atomic mass is 16.5. The zero-order valence-corrected chi connectivity index (χ0v) is 11.8. The second-order valence-electron chi connectivity index (χ2n) is 4.22. The molecule has 0 aliphatic rings. The van der Waals surface area contributed by atoms with Crippen molar-refractivity contribution in [2.75, 3.05) is 14.2 Å². The maximum absolute atomic E-state index is 12.2. The van der Waals surface area contributed by atoms with Crippen LogP contribution in [0, 0.1) is 0 Å². The second-order valence-corrected chi connectivity index (χ2v) is 4.22. The third-order valence-electron chi connectivity index (χ3n) is 2.83. The first-order valence-corrected chi connectivity index (χ1v) is 6.29. The van der Waals surface area contributed by atoms with Crippen LogP contribution < -0.4 is 14.8 Å². The molecule has 0 fully saturated rings. The molecule has 0 spiro atoms. The first-order chi connectivity index (χ1) is 9.53. The van der Waals surface area contributed by atoms with Gasteiger partial charge in [-0.25, -0.2) is 4.79 Å². The van der Waals surface area contributed by atoms with Gasteiger partial charge in [-0.2, -0.15) is 0 Å². The Balaban J connectivity index is 2.97. The summed E-state index contributed by atoms with van der Waals surface area (Å²) < 4.78 is 10.2. The molecule has 0 saturated heterocycles. The van der Waals surface area contributed by atoms with Crippen LogP contribution in [0.15, 0.2) is 18.2 Å². The number of aliphatic carboxylic acids is 1. The molecular formula is C14H19NO5. The number of carboxylic acid groups (broad SMARTS) is 1. The van der Waals surface area contributed by atoms with Crippen LogP contribution >= 0.6 is 0 Å². The lowest BCUT2D eigenvalue weighted by atomic mass is 10.1. The van der Waals surface area contributed by atoms with E-state index in [1.54, 1.807) is 12.1 Å². The topological polar surface area (TPSA) is 84.9 Å². The number of methoxy groups -OCH3 is 2. The number of carbonyl (C=O) groups is 2. The van der Waals surface area contributed by atoms with E-state index in [9.17, 15) is 9.59 Å². The first-order valence-electron chi connectivity index (χ1n) is 6.29. The Morgan fingerprint density at radius 2 is 2.00 bits per heavy atom. The molecule has 0 bridgehead atoms. The number of carboxylic acids is 1. The Morgan fingerprint density at radius 1 is 1.30 bits per heavy atom. The van der Waals surface area contributed by atoms with E-state index in [0.717, 1.165) is 0 Å². The molecule has 1 atom stereocenters. The Hall–Kier alpha value is -2.24. The quantitative estimate of drug-likeness (QED) is 0.794. The van der Waals surface area contributed by atoms with Gasteiger partial charge in [-0.05, 0) is 24.6 Å². The summed E-state index contributed by atoms with van der Waals surface area (Å²) in [5.41, 5.74) is 0.245. The molecule has 110 valence electrons. The SMILES string of the molecule is CCCC(NC(=O)c1cc(OC)ccc1OC)C(=O)O. The number of hydrogen-bond donors (Lipinski definition) is 2. The normalized spacial score (nSPS) is 11.6. The van der Waals surface area contributed by atoms with Crippen LogP contribution in [0.4, 0.5) is 0 Å². The van der Waals surface area contributed by atoms with Gasteiger partial charge in [0.05, 0.1) is 19.8 Å². The minimum Gasteiger partial charge on any atom is -0.497 e. The molecule has 2 N–H and O–H groups in total. The Labute approximate surface area is 117 Å². The lowest BCUT2D eigenvalue weighted by molar-refractivity contribution is -0.139. The van der Waals surface area contributed by atoms with Gasteiger partial charge < -0.3 is 19.9 Å². The van der Waals surface area contributed by atoms with E-state index in [1.807, 2.05) is 6.92 Å². The highest BCUT2D eigenvalue weighted by Crippen LogP contribution is 2.24. The summed E-state index contributed by atoms with van der Waals surface area (Å²) in [6, 6.07) is 3.86. The molecule has 6 heteroatoms. The van der Waals surface area contributed by atoms with Crippen molar-refractivity contribution < 1.29 is 24.2 Å². The molecule has 1 rings (SSSR count). The highest BCUT2D eigenvalue weighted by Gasteiger charge is 2.22. The van der Waals surface area contributed by atoms with Crippen LogP contribution in [-0.2, 0) is 4.79 Å². The summed E-state index contributed by atoms with van der Waals surface area (Å²) in [6.07, 6.45) is 1.03. The van der Waals surface area contributed by atoms with Crippen LogP contribution in [0.2, 0.25) is 0 Å². The molecule has 20 heavy (non-hydrogen) atoms. The largest absolute Gasteiger partial charge is 0.497 e. The number of hydrogen-bond acceptors (Lipinski definition) is 4. The van der Waals surface area contributed by atoms with Crippen LogP contribution in [0.25, 0.3) is 0 Å². The zero-order valence-electron chi connectivity index (χ0n) is 11.8. The molecule has 0 heterocycles. The molecule has 1 unspecified atom stereocenters. The second kappa shape index (κ2) is 7.37. The fraction of sp³-hybridized carbons (Fsp3) is 0.429. The molecule has 0 aliphatic heterocycles. The molecular weight excluding hydrogens is 262 g/mol. The van der Waals surface area contributed by atoms with Crippen molar-refractivity contribution in [2.24, 2.45) is 0 Å². The van der Waals surface area contributed by atoms with Crippen molar-refractivity contribution in [2.45, 2.75) is 25.8 Å². The number of amides is 1. The van der Waals surface area contributed by atoms with Crippen LogP contribution in [0.1, 0.15) is 30.1 Å². The third kappa shape index (κ3) is 3.88. The third-order valence-corrected chi connectivity index (χ3v) is 2.83. The number of nitrogens with one attached hydrogen (secondary N) is 1. The summed E-state index contributed by atoms with van der Waals surface area (Å²) in [6.45, 7) is 1.86. The lowest BCUT2D eigenvalue weighted by Gasteiger charge is -2.15. The van der Waals surface area contributed by atoms with Gasteiger partial charge in [-0.15, -0.1) is 0 Å². The van der Waals surface area contributed by atoms with E-state index in [2.05, 4.69) is 5.32 Å². The summed E-state index contributed by atoms with van der Waals surface area (Å²) in [5, 5.41) is 11.5. The van der Waals surface area contributed by atoms with Crippen molar-refractivity contribution in [3.05, 3.63) is 23.8 Å². The van der Waals surface area contributed by atoms with Crippen molar-refractivity contribution >= 4 is 11.9 Å². The molecule has 0 radical (unpaired) electrons. The highest BCUT2D eigenvalue weighted by molar-refractivity contribution is 5.99. The predicted molar refractivity (Wildman–Crippen MR) is 73.3 cm³/mol. The number of carbonyl (C=O) groups excluding carboxylic acids is 1. The number of rotatable bonds is 7. The average molecular weight is 281 g/mol. The van der Waals surface area contributed by atoms with Gasteiger partial charge in [-0.3, -0.25) is 4.79 Å². The lowest BCUT2D eigenvalue weighted by Crippen LogP contribution is -2.40. The van der Waals surface area contributed by atoms with Crippen LogP contribution in [0.3, 0.4) is 0 Å². The van der Waals surface area contributed by atoms with E-state index < -0.39 is 17.9 Å². The summed E-state index contributed by atoms with van der Waals surface area (Å²) >= 11 is 0. The number of benzene rings is 1. The molecule has 0 saturated carbocycles. The van der Waals surface area contributed by atoms with Gasteiger partial charge in [0.15, 0.2) is 0 Å². The Bertz CT molecular complexity index is 486. The molecule has 1 aromatic carbocycles. The molecule has 0 aromatic heterocycles. The van der Waals surface area contributed by atoms with Gasteiger partial charge in [0.1, 0.15) is 17.5 Å². The van der Waals surface area contributed by atoms with Crippen LogP contribution in [-0.4, -0.2) is 37.2 Å². The van der Waals surface area contributed by atoms with Crippen molar-refractivity contribution in [1.29, 1.82) is 0 Å². The fourth-order valence-corrected chi connectivity index (χ4v) is 1.77. The van der Waals surface area contributed by atoms with E-state index in [0.29, 0.717) is 24.3 Å². The van der Waals surface area contributed by atoms with E-state index in [-0.39, 0.29) is 5.56 Å². The molecule has 1 amide bonds. The predicted octanol–water partition coefficient (Wildman–Crippen LogP) is 1.69. The standard InChI is InChI=1S/C14H19NO5/c1-4-5-11(14(17)18)15-13(16)10-8-9(19-2)6-7-12(10)20-3/h6-8,11H,4-5H2,1-3H3,(H,15,16)(H,17,18). The van der Waals surface area contributed by atoms with Crippen molar-refractivity contribution in [3.8, 4) is 11.5 Å². The van der Waals surface area contributed by atoms with Gasteiger partial charge >= 0.3 is 5.97 Å². The van der Waals surface area contributed by atoms with Gasteiger partial charge in [0.2, 0.25) is 0 Å². The molecule has 6 nitrogen and oxygen atoms in total. The average Bonchev–Trinajstić information content (AvgIpc) is 2.45. The zero-order chi connectivity index (χ0) is 15.1. The van der Waals surface area contributed by atoms with E-state index in [4.69, 9.17) is 14.6 Å². The van der Waals surface area contributed by atoms with Gasteiger partial charge in [0.25, 0.3) is 5.91 Å². The van der Waals surface area contributed by atoms with E-state index >= 15 is 0 Å². The molecule has 0 aliphatic carbocycles. The summed E-state index contributed by atoms with van der Waals surface area (Å²) in [5.74, 6) is -0.689. The first kappa shape index (κ1) is 15.8. The van der Waals surface area contributed by atoms with E-state index in [1.165, 1.54) is 20.3 Å². The van der Waals surface area contributed by atoms with Gasteiger partial charge in [-0.1, -0.05) is 13.3 Å². The maximum atomic E-state index is 12.2. The van der Waals surface area contributed by atoms with Crippen molar-refractivity contribution in [1.82, 2.24) is 5.32 Å². The maximum Gasteiger partial charge on any atom is 0.326 e. The van der Waals surface area contributed by atoms with Gasteiger partial charge in [0, 0.05) is 0 Å². The number of ether oxygens (including phenoxy) is 2. The summed E-state index contributed by atoms with van der Waals surface area (Å²) in [7, 11) is 2.93.